The Bertz CT molecular complexity index is 783. The number of amides is 1. The molecule has 1 N–H and O–H groups in total. The van der Waals surface area contributed by atoms with Crippen molar-refractivity contribution in [3.63, 3.8) is 0 Å². The van der Waals surface area contributed by atoms with E-state index in [1.807, 2.05) is 36.4 Å². The predicted molar refractivity (Wildman–Crippen MR) is 90.0 cm³/mol. The van der Waals surface area contributed by atoms with Gasteiger partial charge >= 0.3 is 0 Å². The van der Waals surface area contributed by atoms with Crippen LogP contribution in [-0.4, -0.2) is 24.6 Å². The Hall–Kier alpha value is -2.60. The van der Waals surface area contributed by atoms with Crippen LogP contribution in [0.1, 0.15) is 5.01 Å². The van der Waals surface area contributed by atoms with Crippen molar-refractivity contribution in [2.75, 3.05) is 13.7 Å². The average Bonchev–Trinajstić information content (AvgIpc) is 3.01. The summed E-state index contributed by atoms with van der Waals surface area (Å²) in [6.45, 7) is 0.332. The first-order valence-electron chi connectivity index (χ1n) is 7.13. The average molecular weight is 328 g/mol. The molecule has 118 valence electrons. The quantitative estimate of drug-likeness (QED) is 0.756. The zero-order valence-electron chi connectivity index (χ0n) is 12.6. The van der Waals surface area contributed by atoms with Gasteiger partial charge in [0, 0.05) is 0 Å². The van der Waals surface area contributed by atoms with Crippen LogP contribution in [0.2, 0.25) is 0 Å². The normalized spacial score (nSPS) is 10.5. The van der Waals surface area contributed by atoms with Gasteiger partial charge in [-0.3, -0.25) is 4.79 Å². The number of carbonyl (C=O) groups is 1. The lowest BCUT2D eigenvalue weighted by atomic mass is 10.3. The first kappa shape index (κ1) is 15.3. The summed E-state index contributed by atoms with van der Waals surface area (Å²) in [6, 6.07) is 15.1. The largest absolute Gasteiger partial charge is 0.493 e. The molecule has 6 heteroatoms. The molecule has 0 unspecified atom stereocenters. The third-order valence-corrected chi connectivity index (χ3v) is 4.24. The zero-order chi connectivity index (χ0) is 16.1. The van der Waals surface area contributed by atoms with Crippen molar-refractivity contribution in [2.45, 2.75) is 6.54 Å². The van der Waals surface area contributed by atoms with Crippen LogP contribution < -0.4 is 14.8 Å². The minimum absolute atomic E-state index is 0.0642. The molecule has 3 rings (SSSR count). The van der Waals surface area contributed by atoms with E-state index < -0.39 is 0 Å². The van der Waals surface area contributed by atoms with Crippen LogP contribution in [0.15, 0.2) is 48.5 Å². The number of hydrogen-bond donors (Lipinski definition) is 1. The predicted octanol–water partition coefficient (Wildman–Crippen LogP) is 3.00. The molecule has 5 nitrogen and oxygen atoms in total. The van der Waals surface area contributed by atoms with Gasteiger partial charge in [-0.1, -0.05) is 24.3 Å². The summed E-state index contributed by atoms with van der Waals surface area (Å²) >= 11 is 1.57. The third-order valence-electron chi connectivity index (χ3n) is 3.20. The number of fused-ring (bicyclic) bond motifs is 1. The molecule has 0 spiro atoms. The van der Waals surface area contributed by atoms with Crippen molar-refractivity contribution in [3.05, 3.63) is 53.5 Å². The smallest absolute Gasteiger partial charge is 0.258 e. The van der Waals surface area contributed by atoms with E-state index in [0.29, 0.717) is 18.0 Å². The standard InChI is InChI=1S/C17H16N2O3S/c1-21-13-7-3-4-8-14(13)22-11-16(20)18-10-17-19-12-6-2-5-9-15(12)23-17/h2-9H,10-11H2,1H3,(H,18,20). The van der Waals surface area contributed by atoms with Crippen LogP contribution in [0.5, 0.6) is 11.5 Å². The van der Waals surface area contributed by atoms with Gasteiger partial charge in [0.1, 0.15) is 5.01 Å². The molecule has 0 aliphatic heterocycles. The zero-order valence-corrected chi connectivity index (χ0v) is 13.4. The molecule has 2 aromatic carbocycles. The first-order chi connectivity index (χ1) is 11.3. The van der Waals surface area contributed by atoms with Crippen LogP contribution in [0.3, 0.4) is 0 Å². The van der Waals surface area contributed by atoms with E-state index >= 15 is 0 Å². The van der Waals surface area contributed by atoms with Gasteiger partial charge in [-0.15, -0.1) is 11.3 Å². The highest BCUT2D eigenvalue weighted by atomic mass is 32.1. The minimum atomic E-state index is -0.199. The van der Waals surface area contributed by atoms with E-state index in [1.165, 1.54) is 0 Å². The molecular weight excluding hydrogens is 312 g/mol. The highest BCUT2D eigenvalue weighted by Gasteiger charge is 2.08. The van der Waals surface area contributed by atoms with Gasteiger partial charge in [-0.05, 0) is 24.3 Å². The highest BCUT2D eigenvalue weighted by molar-refractivity contribution is 7.18. The van der Waals surface area contributed by atoms with E-state index in [1.54, 1.807) is 30.6 Å². The van der Waals surface area contributed by atoms with E-state index in [-0.39, 0.29) is 12.5 Å². The molecule has 1 amide bonds. The number of nitrogens with one attached hydrogen (secondary N) is 1. The van der Waals surface area contributed by atoms with Crippen LogP contribution >= 0.6 is 11.3 Å². The summed E-state index contributed by atoms with van der Waals surface area (Å²) in [4.78, 5) is 16.4. The van der Waals surface area contributed by atoms with Gasteiger partial charge in [0.15, 0.2) is 18.1 Å². The van der Waals surface area contributed by atoms with Crippen molar-refractivity contribution >= 4 is 27.5 Å². The molecule has 0 saturated carbocycles. The van der Waals surface area contributed by atoms with E-state index in [2.05, 4.69) is 10.3 Å². The van der Waals surface area contributed by atoms with Gasteiger partial charge in [0.25, 0.3) is 5.91 Å². The maximum Gasteiger partial charge on any atom is 0.258 e. The van der Waals surface area contributed by atoms with Crippen LogP contribution in [0, 0.1) is 0 Å². The molecule has 0 atom stereocenters. The molecule has 0 aliphatic carbocycles. The van der Waals surface area contributed by atoms with Crippen molar-refractivity contribution in [1.29, 1.82) is 0 Å². The number of ether oxygens (including phenoxy) is 2. The fourth-order valence-corrected chi connectivity index (χ4v) is 3.01. The SMILES string of the molecule is COc1ccccc1OCC(=O)NCc1nc2ccccc2s1. The molecule has 0 radical (unpaired) electrons. The number of carbonyl (C=O) groups excluding carboxylic acids is 1. The molecule has 0 saturated heterocycles. The second-order valence-electron chi connectivity index (χ2n) is 4.79. The van der Waals surface area contributed by atoms with Crippen molar-refractivity contribution in [2.24, 2.45) is 0 Å². The maximum atomic E-state index is 11.9. The van der Waals surface area contributed by atoms with Gasteiger partial charge in [0.05, 0.1) is 23.9 Å². The van der Waals surface area contributed by atoms with Gasteiger partial charge in [0.2, 0.25) is 0 Å². The number of hydrogen-bond acceptors (Lipinski definition) is 5. The number of para-hydroxylation sites is 3. The minimum Gasteiger partial charge on any atom is -0.493 e. The molecule has 23 heavy (non-hydrogen) atoms. The van der Waals surface area contributed by atoms with E-state index in [9.17, 15) is 4.79 Å². The van der Waals surface area contributed by atoms with Crippen LogP contribution in [0.4, 0.5) is 0 Å². The fraction of sp³-hybridized carbons (Fsp3) is 0.176. The topological polar surface area (TPSA) is 60.5 Å². The van der Waals surface area contributed by atoms with Gasteiger partial charge in [-0.2, -0.15) is 0 Å². The fourth-order valence-electron chi connectivity index (χ4n) is 2.10. The Morgan fingerprint density at radius 1 is 1.13 bits per heavy atom. The van der Waals surface area contributed by atoms with E-state index in [4.69, 9.17) is 9.47 Å². The second-order valence-corrected chi connectivity index (χ2v) is 5.91. The highest BCUT2D eigenvalue weighted by Crippen LogP contribution is 2.25. The lowest BCUT2D eigenvalue weighted by Crippen LogP contribution is -2.28. The number of aromatic nitrogens is 1. The Labute approximate surface area is 137 Å². The summed E-state index contributed by atoms with van der Waals surface area (Å²) in [6.07, 6.45) is 0. The summed E-state index contributed by atoms with van der Waals surface area (Å²) in [5.74, 6) is 0.951. The lowest BCUT2D eigenvalue weighted by Gasteiger charge is -2.09. The summed E-state index contributed by atoms with van der Waals surface area (Å²) in [7, 11) is 1.56. The summed E-state index contributed by atoms with van der Waals surface area (Å²) in [5, 5.41) is 3.68. The summed E-state index contributed by atoms with van der Waals surface area (Å²) < 4.78 is 11.8. The lowest BCUT2D eigenvalue weighted by molar-refractivity contribution is -0.123. The maximum absolute atomic E-state index is 11.9. The molecular formula is C17H16N2O3S. The monoisotopic (exact) mass is 328 g/mol. The van der Waals surface area contributed by atoms with Gasteiger partial charge < -0.3 is 14.8 Å². The Balaban J connectivity index is 1.53. The van der Waals surface area contributed by atoms with E-state index in [0.717, 1.165) is 15.2 Å². The Morgan fingerprint density at radius 3 is 2.65 bits per heavy atom. The first-order valence-corrected chi connectivity index (χ1v) is 7.95. The second kappa shape index (κ2) is 7.11. The number of thiazole rings is 1. The third kappa shape index (κ3) is 3.78. The van der Waals surface area contributed by atoms with Crippen LogP contribution in [0.25, 0.3) is 10.2 Å². The van der Waals surface area contributed by atoms with Gasteiger partial charge in [-0.25, -0.2) is 4.98 Å². The molecule has 1 aromatic heterocycles. The Kier molecular flexibility index (Phi) is 4.73. The number of rotatable bonds is 6. The number of methoxy groups -OCH3 is 1. The molecule has 1 heterocycles. The Morgan fingerprint density at radius 2 is 1.87 bits per heavy atom. The molecule has 0 aliphatic rings. The summed E-state index contributed by atoms with van der Waals surface area (Å²) in [5.41, 5.74) is 0.951. The number of nitrogens with zero attached hydrogens (tertiary/aromatic N) is 1. The van der Waals surface area contributed by atoms with Crippen molar-refractivity contribution in [3.8, 4) is 11.5 Å². The number of benzene rings is 2. The van der Waals surface area contributed by atoms with Crippen LogP contribution in [-0.2, 0) is 11.3 Å². The molecule has 3 aromatic rings. The van der Waals surface area contributed by atoms with Crippen molar-refractivity contribution in [1.82, 2.24) is 10.3 Å². The molecule has 0 fully saturated rings. The molecule has 0 bridgehead atoms. The van der Waals surface area contributed by atoms with Crippen molar-refractivity contribution < 1.29 is 14.3 Å².